The molecule has 10 heteroatoms. The van der Waals surface area contributed by atoms with Crippen LogP contribution < -0.4 is 5.32 Å². The standard InChI is InChI=1S/C27H19Cl2N3O5/c1-2-21(26(33)32-19-14-16(28)8-9-17(19)29)37-27(34)15-7-10-18-20(13-15)31-25(23-6-4-12-36-23)24(30-18)22-5-3-11-35-22/h3-14,21H,2H2,1H3,(H,32,33). The van der Waals surface area contributed by atoms with Crippen LogP contribution in [0, 0.1) is 0 Å². The number of nitrogens with one attached hydrogen (secondary N) is 1. The highest BCUT2D eigenvalue weighted by atomic mass is 35.5. The molecular weight excluding hydrogens is 517 g/mol. The van der Waals surface area contributed by atoms with Gasteiger partial charge in [0.2, 0.25) is 0 Å². The fourth-order valence-electron chi connectivity index (χ4n) is 3.68. The normalized spacial score (nSPS) is 11.9. The number of rotatable bonds is 7. The van der Waals surface area contributed by atoms with E-state index in [4.69, 9.17) is 41.8 Å². The highest BCUT2D eigenvalue weighted by Gasteiger charge is 2.24. The zero-order valence-electron chi connectivity index (χ0n) is 19.4. The SMILES string of the molecule is CCC(OC(=O)c1ccc2nc(-c3ccco3)c(-c3ccco3)nc2c1)C(=O)Nc1cc(Cl)ccc1Cl. The minimum atomic E-state index is -1.05. The molecule has 3 heterocycles. The largest absolute Gasteiger partial charge is 0.463 e. The molecule has 5 aromatic rings. The van der Waals surface area contributed by atoms with Crippen molar-refractivity contribution in [2.24, 2.45) is 0 Å². The van der Waals surface area contributed by atoms with Gasteiger partial charge >= 0.3 is 5.97 Å². The van der Waals surface area contributed by atoms with E-state index >= 15 is 0 Å². The molecule has 37 heavy (non-hydrogen) atoms. The number of aromatic nitrogens is 2. The molecule has 0 bridgehead atoms. The van der Waals surface area contributed by atoms with Gasteiger partial charge in [-0.15, -0.1) is 0 Å². The van der Waals surface area contributed by atoms with Gasteiger partial charge in [0.25, 0.3) is 5.91 Å². The minimum Gasteiger partial charge on any atom is -0.463 e. The van der Waals surface area contributed by atoms with Gasteiger partial charge in [-0.05, 0) is 67.1 Å². The average Bonchev–Trinajstić information content (AvgIpc) is 3.63. The van der Waals surface area contributed by atoms with Crippen molar-refractivity contribution in [2.75, 3.05) is 5.32 Å². The number of fused-ring (bicyclic) bond motifs is 1. The first-order chi connectivity index (χ1) is 17.9. The predicted octanol–water partition coefficient (Wildman–Crippen LogP) is 7.03. The molecule has 186 valence electrons. The molecule has 0 aliphatic heterocycles. The molecule has 1 N–H and O–H groups in total. The number of carbonyl (C=O) groups is 2. The van der Waals surface area contributed by atoms with Crippen LogP contribution in [0.3, 0.4) is 0 Å². The zero-order valence-corrected chi connectivity index (χ0v) is 20.9. The number of benzene rings is 2. The van der Waals surface area contributed by atoms with E-state index in [0.29, 0.717) is 49.7 Å². The molecular formula is C27H19Cl2N3O5. The Kier molecular flexibility index (Phi) is 6.94. The lowest BCUT2D eigenvalue weighted by atomic mass is 10.1. The smallest absolute Gasteiger partial charge is 0.338 e. The second kappa shape index (κ2) is 10.5. The summed E-state index contributed by atoms with van der Waals surface area (Å²) in [5.41, 5.74) is 2.49. The molecule has 1 unspecified atom stereocenters. The monoisotopic (exact) mass is 535 g/mol. The second-order valence-electron chi connectivity index (χ2n) is 7.99. The van der Waals surface area contributed by atoms with Gasteiger partial charge < -0.3 is 18.9 Å². The molecule has 3 aromatic heterocycles. The fraction of sp³-hybridized carbons (Fsp3) is 0.111. The van der Waals surface area contributed by atoms with Crippen molar-refractivity contribution >= 4 is 51.8 Å². The number of hydrogen-bond acceptors (Lipinski definition) is 7. The third kappa shape index (κ3) is 5.21. The maximum Gasteiger partial charge on any atom is 0.338 e. The van der Waals surface area contributed by atoms with Crippen LogP contribution in [0.2, 0.25) is 10.0 Å². The quantitative estimate of drug-likeness (QED) is 0.223. The number of carbonyl (C=O) groups excluding carboxylic acids is 2. The highest BCUT2D eigenvalue weighted by Crippen LogP contribution is 2.32. The summed E-state index contributed by atoms with van der Waals surface area (Å²) in [5.74, 6) is -0.182. The van der Waals surface area contributed by atoms with E-state index in [2.05, 4.69) is 10.3 Å². The van der Waals surface area contributed by atoms with Crippen LogP contribution in [0.4, 0.5) is 5.69 Å². The van der Waals surface area contributed by atoms with Crippen LogP contribution in [-0.2, 0) is 9.53 Å². The summed E-state index contributed by atoms with van der Waals surface area (Å²) in [6.07, 6.45) is 2.28. The Hall–Kier alpha value is -4.14. The number of halogens is 2. The summed E-state index contributed by atoms with van der Waals surface area (Å²) in [4.78, 5) is 35.1. The summed E-state index contributed by atoms with van der Waals surface area (Å²) < 4.78 is 16.6. The summed E-state index contributed by atoms with van der Waals surface area (Å²) in [6, 6.07) is 16.5. The number of nitrogens with zero attached hydrogens (tertiary/aromatic N) is 2. The lowest BCUT2D eigenvalue weighted by Crippen LogP contribution is -2.32. The molecule has 2 aromatic carbocycles. The maximum absolute atomic E-state index is 13.0. The van der Waals surface area contributed by atoms with Crippen molar-refractivity contribution in [1.82, 2.24) is 9.97 Å². The van der Waals surface area contributed by atoms with Gasteiger partial charge in [0.1, 0.15) is 11.4 Å². The van der Waals surface area contributed by atoms with Crippen molar-refractivity contribution in [2.45, 2.75) is 19.4 Å². The van der Waals surface area contributed by atoms with E-state index in [-0.39, 0.29) is 12.0 Å². The van der Waals surface area contributed by atoms with E-state index in [1.54, 1.807) is 67.8 Å². The molecule has 0 spiro atoms. The highest BCUT2D eigenvalue weighted by molar-refractivity contribution is 6.35. The summed E-state index contributed by atoms with van der Waals surface area (Å²) >= 11 is 12.1. The predicted molar refractivity (Wildman–Crippen MR) is 140 cm³/mol. The van der Waals surface area contributed by atoms with Crippen LogP contribution in [-0.4, -0.2) is 27.9 Å². The average molecular weight is 536 g/mol. The number of amides is 1. The third-order valence-corrected chi connectivity index (χ3v) is 6.07. The Morgan fingerprint density at radius 2 is 1.59 bits per heavy atom. The lowest BCUT2D eigenvalue weighted by Gasteiger charge is -2.17. The minimum absolute atomic E-state index is 0.213. The van der Waals surface area contributed by atoms with Crippen LogP contribution in [0.15, 0.2) is 82.0 Å². The van der Waals surface area contributed by atoms with Crippen LogP contribution in [0.1, 0.15) is 23.7 Å². The number of ether oxygens (including phenoxy) is 1. The van der Waals surface area contributed by atoms with E-state index in [0.717, 1.165) is 0 Å². The summed E-state index contributed by atoms with van der Waals surface area (Å²) in [5, 5.41) is 3.38. The Balaban J connectivity index is 1.42. The molecule has 0 fully saturated rings. The number of esters is 1. The van der Waals surface area contributed by atoms with Crippen LogP contribution >= 0.6 is 23.2 Å². The molecule has 1 atom stereocenters. The second-order valence-corrected chi connectivity index (χ2v) is 8.84. The van der Waals surface area contributed by atoms with E-state index in [1.807, 2.05) is 0 Å². The molecule has 0 aliphatic rings. The Labute approximate surface area is 221 Å². The molecule has 0 saturated carbocycles. The van der Waals surface area contributed by atoms with Gasteiger partial charge in [0.05, 0.1) is 39.8 Å². The van der Waals surface area contributed by atoms with Crippen LogP contribution in [0.5, 0.6) is 0 Å². The first kappa shape index (κ1) is 24.5. The summed E-state index contributed by atoms with van der Waals surface area (Å²) in [7, 11) is 0. The van der Waals surface area contributed by atoms with Gasteiger partial charge in [-0.1, -0.05) is 30.1 Å². The van der Waals surface area contributed by atoms with Gasteiger partial charge in [-0.25, -0.2) is 14.8 Å². The Morgan fingerprint density at radius 3 is 2.22 bits per heavy atom. The summed E-state index contributed by atoms with van der Waals surface area (Å²) in [6.45, 7) is 1.73. The van der Waals surface area contributed by atoms with Crippen molar-refractivity contribution < 1.29 is 23.2 Å². The van der Waals surface area contributed by atoms with Crippen molar-refractivity contribution in [3.63, 3.8) is 0 Å². The Morgan fingerprint density at radius 1 is 0.919 bits per heavy atom. The van der Waals surface area contributed by atoms with Crippen molar-refractivity contribution in [1.29, 1.82) is 0 Å². The van der Waals surface area contributed by atoms with Gasteiger partial charge in [-0.3, -0.25) is 4.79 Å². The zero-order chi connectivity index (χ0) is 25.9. The lowest BCUT2D eigenvalue weighted by molar-refractivity contribution is -0.124. The first-order valence-electron chi connectivity index (χ1n) is 11.3. The molecule has 8 nitrogen and oxygen atoms in total. The molecule has 1 amide bonds. The fourth-order valence-corrected chi connectivity index (χ4v) is 4.01. The van der Waals surface area contributed by atoms with E-state index in [1.165, 1.54) is 12.3 Å². The first-order valence-corrected chi connectivity index (χ1v) is 12.0. The third-order valence-electron chi connectivity index (χ3n) is 5.51. The topological polar surface area (TPSA) is 107 Å². The molecule has 0 radical (unpaired) electrons. The number of furan rings is 2. The molecule has 5 rings (SSSR count). The molecule has 0 aliphatic carbocycles. The van der Waals surface area contributed by atoms with Gasteiger partial charge in [0, 0.05) is 5.02 Å². The van der Waals surface area contributed by atoms with E-state index < -0.39 is 18.0 Å². The van der Waals surface area contributed by atoms with Gasteiger partial charge in [-0.2, -0.15) is 0 Å². The van der Waals surface area contributed by atoms with Gasteiger partial charge in [0.15, 0.2) is 17.6 Å². The maximum atomic E-state index is 13.0. The van der Waals surface area contributed by atoms with E-state index in [9.17, 15) is 9.59 Å². The molecule has 0 saturated heterocycles. The number of hydrogen-bond donors (Lipinski definition) is 1. The Bertz CT molecular complexity index is 1580. The number of anilines is 1. The van der Waals surface area contributed by atoms with Crippen molar-refractivity contribution in [3.8, 4) is 22.9 Å². The van der Waals surface area contributed by atoms with Crippen molar-refractivity contribution in [3.05, 3.63) is 88.8 Å². The van der Waals surface area contributed by atoms with Crippen LogP contribution in [0.25, 0.3) is 33.9 Å².